The zero-order chi connectivity index (χ0) is 17.4. The molecule has 4 nitrogen and oxygen atoms in total. The summed E-state index contributed by atoms with van der Waals surface area (Å²) in [5.74, 6) is 0.0625. The lowest BCUT2D eigenvalue weighted by atomic mass is 10.00. The topological polar surface area (TPSA) is 66.6 Å². The molecule has 130 valence electrons. The highest BCUT2D eigenvalue weighted by atomic mass is 16.3. The van der Waals surface area contributed by atoms with E-state index in [1.54, 1.807) is 0 Å². The van der Waals surface area contributed by atoms with Crippen molar-refractivity contribution in [2.75, 3.05) is 13.1 Å². The first-order valence-corrected chi connectivity index (χ1v) is 8.99. The second-order valence-corrected chi connectivity index (χ2v) is 7.48. The monoisotopic (exact) mass is 336 g/mol. The summed E-state index contributed by atoms with van der Waals surface area (Å²) in [5, 5.41) is 10.0. The molecule has 1 atom stereocenters. The van der Waals surface area contributed by atoms with E-state index in [1.165, 1.54) is 5.56 Å². The second-order valence-electron chi connectivity index (χ2n) is 7.48. The van der Waals surface area contributed by atoms with Crippen LogP contribution in [-0.2, 0) is 6.42 Å². The molecule has 2 aliphatic rings. The molecular formula is C21H24N2O2. The Kier molecular flexibility index (Phi) is 4.10. The van der Waals surface area contributed by atoms with Crippen LogP contribution in [0.15, 0.2) is 48.5 Å². The number of hydrogen-bond donors (Lipinski definition) is 2. The lowest BCUT2D eigenvalue weighted by Gasteiger charge is -2.16. The van der Waals surface area contributed by atoms with Crippen molar-refractivity contribution in [3.8, 4) is 11.1 Å². The zero-order valence-electron chi connectivity index (χ0n) is 14.3. The van der Waals surface area contributed by atoms with Gasteiger partial charge < -0.3 is 15.7 Å². The van der Waals surface area contributed by atoms with Crippen LogP contribution in [0.4, 0.5) is 0 Å². The van der Waals surface area contributed by atoms with E-state index in [-0.39, 0.29) is 11.9 Å². The Morgan fingerprint density at radius 1 is 1.08 bits per heavy atom. The van der Waals surface area contributed by atoms with E-state index in [2.05, 4.69) is 24.3 Å². The van der Waals surface area contributed by atoms with Gasteiger partial charge in [-0.3, -0.25) is 4.79 Å². The molecule has 0 bridgehead atoms. The average Bonchev–Trinajstić information content (AvgIpc) is 3.18. The van der Waals surface area contributed by atoms with Gasteiger partial charge in [0.05, 0.1) is 5.60 Å². The number of rotatable bonds is 4. The molecule has 1 aliphatic carbocycles. The van der Waals surface area contributed by atoms with Gasteiger partial charge in [0.1, 0.15) is 0 Å². The van der Waals surface area contributed by atoms with Crippen molar-refractivity contribution in [2.24, 2.45) is 5.73 Å². The molecule has 3 N–H and O–H groups in total. The summed E-state index contributed by atoms with van der Waals surface area (Å²) >= 11 is 0. The molecule has 4 heteroatoms. The predicted octanol–water partition coefficient (Wildman–Crippen LogP) is 2.59. The van der Waals surface area contributed by atoms with Gasteiger partial charge in [-0.05, 0) is 48.1 Å². The van der Waals surface area contributed by atoms with Gasteiger partial charge in [0.15, 0.2) is 0 Å². The van der Waals surface area contributed by atoms with Gasteiger partial charge in [-0.1, -0.05) is 36.4 Å². The first kappa shape index (κ1) is 16.3. The molecule has 0 unspecified atom stereocenters. The van der Waals surface area contributed by atoms with E-state index in [0.29, 0.717) is 12.1 Å². The molecule has 4 rings (SSSR count). The Hall–Kier alpha value is -2.17. The van der Waals surface area contributed by atoms with Crippen molar-refractivity contribution in [3.05, 3.63) is 59.7 Å². The van der Waals surface area contributed by atoms with E-state index >= 15 is 0 Å². The minimum Gasteiger partial charge on any atom is -0.390 e. The van der Waals surface area contributed by atoms with Crippen LogP contribution in [0.1, 0.15) is 35.2 Å². The van der Waals surface area contributed by atoms with Crippen molar-refractivity contribution >= 4 is 5.91 Å². The van der Waals surface area contributed by atoms with Crippen molar-refractivity contribution in [1.29, 1.82) is 0 Å². The smallest absolute Gasteiger partial charge is 0.253 e. The molecule has 1 aliphatic heterocycles. The summed E-state index contributed by atoms with van der Waals surface area (Å²) in [4.78, 5) is 14.3. The minimum atomic E-state index is -0.457. The van der Waals surface area contributed by atoms with Gasteiger partial charge in [-0.15, -0.1) is 0 Å². The number of nitrogens with two attached hydrogens (primary N) is 1. The van der Waals surface area contributed by atoms with Crippen molar-refractivity contribution < 1.29 is 9.90 Å². The summed E-state index contributed by atoms with van der Waals surface area (Å²) in [6.45, 7) is 1.39. The Bertz CT molecular complexity index is 763. The first-order chi connectivity index (χ1) is 12.0. The third-order valence-electron chi connectivity index (χ3n) is 5.29. The molecule has 1 heterocycles. The summed E-state index contributed by atoms with van der Waals surface area (Å²) in [6, 6.07) is 16.2. The molecule has 1 amide bonds. The molecule has 2 aromatic carbocycles. The first-order valence-electron chi connectivity index (χ1n) is 8.99. The standard InChI is InChI=1S/C21H24N2O2/c22-19-9-12-23(14-19)20(24)18-7-5-17(6-8-18)16-3-1-15(2-4-16)13-21(25)10-11-21/h1-8,19,25H,9-14,22H2/t19-/m0/s1. The predicted molar refractivity (Wildman–Crippen MR) is 98.3 cm³/mol. The fourth-order valence-electron chi connectivity index (χ4n) is 3.48. The molecule has 2 aromatic rings. The number of aliphatic hydroxyl groups is 1. The SMILES string of the molecule is N[C@H]1CCN(C(=O)c2ccc(-c3ccc(CC4(O)CC4)cc3)cc2)C1. The lowest BCUT2D eigenvalue weighted by Crippen LogP contribution is -2.31. The van der Waals surface area contributed by atoms with Gasteiger partial charge in [0.25, 0.3) is 5.91 Å². The van der Waals surface area contributed by atoms with E-state index in [1.807, 2.05) is 29.2 Å². The van der Waals surface area contributed by atoms with Crippen molar-refractivity contribution in [3.63, 3.8) is 0 Å². The quantitative estimate of drug-likeness (QED) is 0.902. The van der Waals surface area contributed by atoms with Crippen LogP contribution in [-0.4, -0.2) is 40.6 Å². The number of nitrogens with zero attached hydrogens (tertiary/aromatic N) is 1. The average molecular weight is 336 g/mol. The molecule has 0 radical (unpaired) electrons. The zero-order valence-corrected chi connectivity index (χ0v) is 14.3. The molecule has 1 saturated carbocycles. The Morgan fingerprint density at radius 3 is 2.20 bits per heavy atom. The second kappa shape index (κ2) is 6.28. The molecule has 0 aromatic heterocycles. The van der Waals surface area contributed by atoms with Crippen molar-refractivity contribution in [1.82, 2.24) is 4.90 Å². The van der Waals surface area contributed by atoms with Crippen LogP contribution in [0, 0.1) is 0 Å². The third kappa shape index (κ3) is 3.60. The largest absolute Gasteiger partial charge is 0.390 e. The van der Waals surface area contributed by atoms with Crippen molar-refractivity contribution in [2.45, 2.75) is 37.3 Å². The third-order valence-corrected chi connectivity index (χ3v) is 5.29. The number of hydrogen-bond acceptors (Lipinski definition) is 3. The highest BCUT2D eigenvalue weighted by Crippen LogP contribution is 2.38. The fraction of sp³-hybridized carbons (Fsp3) is 0.381. The van der Waals surface area contributed by atoms with Crippen LogP contribution in [0.25, 0.3) is 11.1 Å². The van der Waals surface area contributed by atoms with E-state index < -0.39 is 5.60 Å². The summed E-state index contributed by atoms with van der Waals surface area (Å²) in [5.41, 5.74) is 9.52. The van der Waals surface area contributed by atoms with Crippen LogP contribution in [0.3, 0.4) is 0 Å². The van der Waals surface area contributed by atoms with Gasteiger partial charge >= 0.3 is 0 Å². The summed E-state index contributed by atoms with van der Waals surface area (Å²) < 4.78 is 0. The molecule has 1 saturated heterocycles. The summed E-state index contributed by atoms with van der Waals surface area (Å²) in [6.07, 6.45) is 3.43. The van der Waals surface area contributed by atoms with E-state index in [9.17, 15) is 9.90 Å². The molecule has 25 heavy (non-hydrogen) atoms. The fourth-order valence-corrected chi connectivity index (χ4v) is 3.48. The highest BCUT2D eigenvalue weighted by molar-refractivity contribution is 5.95. The highest BCUT2D eigenvalue weighted by Gasteiger charge is 2.39. The maximum absolute atomic E-state index is 12.5. The normalized spacial score (nSPS) is 21.4. The van der Waals surface area contributed by atoms with Crippen LogP contribution in [0.5, 0.6) is 0 Å². The minimum absolute atomic E-state index is 0.0625. The Balaban J connectivity index is 1.45. The van der Waals surface area contributed by atoms with E-state index in [0.717, 1.165) is 43.4 Å². The van der Waals surface area contributed by atoms with Gasteiger partial charge in [0.2, 0.25) is 0 Å². The van der Waals surface area contributed by atoms with E-state index in [4.69, 9.17) is 5.73 Å². The van der Waals surface area contributed by atoms with Gasteiger partial charge in [0, 0.05) is 31.1 Å². The van der Waals surface area contributed by atoms with Crippen LogP contribution in [0.2, 0.25) is 0 Å². The molecular weight excluding hydrogens is 312 g/mol. The number of carbonyl (C=O) groups is 1. The summed E-state index contributed by atoms with van der Waals surface area (Å²) in [7, 11) is 0. The number of carbonyl (C=O) groups excluding carboxylic acids is 1. The van der Waals surface area contributed by atoms with Gasteiger partial charge in [-0.25, -0.2) is 0 Å². The molecule has 2 fully saturated rings. The Labute approximate surface area is 148 Å². The maximum atomic E-state index is 12.5. The Morgan fingerprint density at radius 2 is 1.68 bits per heavy atom. The van der Waals surface area contributed by atoms with Crippen LogP contribution < -0.4 is 5.73 Å². The molecule has 0 spiro atoms. The van der Waals surface area contributed by atoms with Gasteiger partial charge in [-0.2, -0.15) is 0 Å². The maximum Gasteiger partial charge on any atom is 0.253 e. The number of benzene rings is 2. The van der Waals surface area contributed by atoms with Crippen LogP contribution >= 0.6 is 0 Å². The lowest BCUT2D eigenvalue weighted by molar-refractivity contribution is 0.0791. The number of likely N-dealkylation sites (tertiary alicyclic amines) is 1. The number of amides is 1.